The predicted molar refractivity (Wildman–Crippen MR) is 76.3 cm³/mol. The molecule has 0 radical (unpaired) electrons. The normalized spacial score (nSPS) is 11.5. The fourth-order valence-electron chi connectivity index (χ4n) is 1.77. The maximum Gasteiger partial charge on any atom is 0.253 e. The van der Waals surface area contributed by atoms with E-state index in [9.17, 15) is 9.18 Å². The number of rotatable bonds is 5. The molecule has 0 bridgehead atoms. The summed E-state index contributed by atoms with van der Waals surface area (Å²) in [6.07, 6.45) is 1.36. The Morgan fingerprint density at radius 3 is 2.37 bits per heavy atom. The van der Waals surface area contributed by atoms with Gasteiger partial charge < -0.3 is 11.1 Å². The van der Waals surface area contributed by atoms with Gasteiger partial charge in [-0.1, -0.05) is 37.0 Å². The predicted octanol–water partition coefficient (Wildman–Crippen LogP) is 3.38. The van der Waals surface area contributed by atoms with Crippen molar-refractivity contribution in [2.75, 3.05) is 6.54 Å². The monoisotopic (exact) mass is 306 g/mol. The number of nitrogens with one attached hydrogen (secondary N) is 1. The van der Waals surface area contributed by atoms with Crippen molar-refractivity contribution in [1.29, 1.82) is 0 Å². The largest absolute Gasteiger partial charge is 0.345 e. The molecule has 1 aromatic carbocycles. The molecule has 0 unspecified atom stereocenters. The number of hydrogen-bond acceptors (Lipinski definition) is 2. The van der Waals surface area contributed by atoms with Gasteiger partial charge in [0.1, 0.15) is 5.82 Å². The Kier molecular flexibility index (Phi) is 5.59. The van der Waals surface area contributed by atoms with Crippen LogP contribution in [-0.2, 0) is 0 Å². The summed E-state index contributed by atoms with van der Waals surface area (Å²) in [5.41, 5.74) is 5.26. The fraction of sp³-hybridized carbons (Fsp3) is 0.462. The molecule has 0 fully saturated rings. The molecule has 1 amide bonds. The third kappa shape index (κ3) is 3.59. The Labute approximate surface area is 122 Å². The molecular formula is C13H17Cl2FN2O. The molecule has 0 aliphatic rings. The summed E-state index contributed by atoms with van der Waals surface area (Å²) in [4.78, 5) is 12.2. The second-order valence-corrected chi connectivity index (χ2v) is 5.21. The molecule has 0 aliphatic heterocycles. The van der Waals surface area contributed by atoms with Crippen LogP contribution in [0.4, 0.5) is 4.39 Å². The third-order valence-electron chi connectivity index (χ3n) is 3.38. The van der Waals surface area contributed by atoms with Crippen LogP contribution in [0.25, 0.3) is 0 Å². The lowest BCUT2D eigenvalue weighted by Gasteiger charge is -2.31. The van der Waals surface area contributed by atoms with Crippen LogP contribution >= 0.6 is 23.2 Å². The van der Waals surface area contributed by atoms with Crippen molar-refractivity contribution >= 4 is 29.1 Å². The number of carbonyl (C=O) groups is 1. The van der Waals surface area contributed by atoms with Crippen LogP contribution in [0.2, 0.25) is 10.0 Å². The van der Waals surface area contributed by atoms with E-state index in [-0.39, 0.29) is 15.6 Å². The maximum absolute atomic E-state index is 13.4. The van der Waals surface area contributed by atoms with E-state index in [1.165, 1.54) is 6.07 Å². The summed E-state index contributed by atoms with van der Waals surface area (Å²) in [5, 5.41) is 2.82. The van der Waals surface area contributed by atoms with Gasteiger partial charge in [-0.25, -0.2) is 4.39 Å². The second kappa shape index (κ2) is 6.55. The number of nitrogens with two attached hydrogens (primary N) is 1. The molecule has 3 N–H and O–H groups in total. The standard InChI is InChI=1S/C13H17Cl2FN2O/c1-3-13(4-2,7-17)18-12(19)8-5-11(16)10(15)6-9(8)14/h5-6H,3-4,7,17H2,1-2H3,(H,18,19). The van der Waals surface area contributed by atoms with Gasteiger partial charge in [0.05, 0.1) is 21.1 Å². The highest BCUT2D eigenvalue weighted by Gasteiger charge is 2.27. The summed E-state index contributed by atoms with van der Waals surface area (Å²) < 4.78 is 13.4. The number of hydrogen-bond donors (Lipinski definition) is 2. The van der Waals surface area contributed by atoms with E-state index in [0.717, 1.165) is 6.07 Å². The zero-order valence-corrected chi connectivity index (χ0v) is 12.4. The Bertz CT molecular complexity index is 468. The van der Waals surface area contributed by atoms with Crippen molar-refractivity contribution in [3.63, 3.8) is 0 Å². The van der Waals surface area contributed by atoms with Crippen LogP contribution in [0, 0.1) is 5.82 Å². The summed E-state index contributed by atoms with van der Waals surface area (Å²) >= 11 is 11.5. The van der Waals surface area contributed by atoms with Gasteiger partial charge in [-0.05, 0) is 25.0 Å². The summed E-state index contributed by atoms with van der Waals surface area (Å²) in [6.45, 7) is 4.17. The Balaban J connectivity index is 3.04. The Morgan fingerprint density at radius 2 is 1.89 bits per heavy atom. The summed E-state index contributed by atoms with van der Waals surface area (Å²) in [5.74, 6) is -1.13. The molecule has 0 heterocycles. The number of amides is 1. The van der Waals surface area contributed by atoms with E-state index < -0.39 is 17.3 Å². The third-order valence-corrected chi connectivity index (χ3v) is 3.98. The second-order valence-electron chi connectivity index (χ2n) is 4.39. The highest BCUT2D eigenvalue weighted by atomic mass is 35.5. The van der Waals surface area contributed by atoms with E-state index in [0.29, 0.717) is 19.4 Å². The highest BCUT2D eigenvalue weighted by molar-refractivity contribution is 6.36. The number of benzene rings is 1. The molecule has 19 heavy (non-hydrogen) atoms. The van der Waals surface area contributed by atoms with Crippen molar-refractivity contribution in [1.82, 2.24) is 5.32 Å². The summed E-state index contributed by atoms with van der Waals surface area (Å²) in [6, 6.07) is 2.25. The molecule has 1 aromatic rings. The van der Waals surface area contributed by atoms with Crippen molar-refractivity contribution in [3.8, 4) is 0 Å². The average molecular weight is 307 g/mol. The van der Waals surface area contributed by atoms with Gasteiger partial charge in [0.2, 0.25) is 0 Å². The van der Waals surface area contributed by atoms with Gasteiger partial charge in [-0.3, -0.25) is 4.79 Å². The lowest BCUT2D eigenvalue weighted by Crippen LogP contribution is -2.52. The average Bonchev–Trinajstić information content (AvgIpc) is 2.40. The van der Waals surface area contributed by atoms with E-state index >= 15 is 0 Å². The van der Waals surface area contributed by atoms with Crippen LogP contribution in [-0.4, -0.2) is 18.0 Å². The highest BCUT2D eigenvalue weighted by Crippen LogP contribution is 2.25. The van der Waals surface area contributed by atoms with Gasteiger partial charge in [0, 0.05) is 6.54 Å². The zero-order chi connectivity index (χ0) is 14.6. The molecule has 0 aromatic heterocycles. The van der Waals surface area contributed by atoms with Crippen LogP contribution in [0.1, 0.15) is 37.0 Å². The first kappa shape index (κ1) is 16.2. The molecule has 3 nitrogen and oxygen atoms in total. The minimum atomic E-state index is -0.678. The van der Waals surface area contributed by atoms with Crippen molar-refractivity contribution in [3.05, 3.63) is 33.6 Å². The molecular weight excluding hydrogens is 290 g/mol. The Hall–Kier alpha value is -0.840. The van der Waals surface area contributed by atoms with Crippen LogP contribution in [0.15, 0.2) is 12.1 Å². The molecule has 0 aliphatic carbocycles. The van der Waals surface area contributed by atoms with E-state index in [2.05, 4.69) is 5.32 Å². The Morgan fingerprint density at radius 1 is 1.32 bits per heavy atom. The van der Waals surface area contributed by atoms with Gasteiger partial charge in [0.15, 0.2) is 0 Å². The van der Waals surface area contributed by atoms with Crippen molar-refractivity contribution in [2.45, 2.75) is 32.2 Å². The number of halogens is 3. The van der Waals surface area contributed by atoms with E-state index in [1.54, 1.807) is 0 Å². The van der Waals surface area contributed by atoms with Gasteiger partial charge in [0.25, 0.3) is 5.91 Å². The molecule has 0 saturated heterocycles. The molecule has 1 rings (SSSR count). The summed E-state index contributed by atoms with van der Waals surface area (Å²) in [7, 11) is 0. The molecule has 6 heteroatoms. The molecule has 0 atom stereocenters. The lowest BCUT2D eigenvalue weighted by atomic mass is 9.92. The van der Waals surface area contributed by atoms with Crippen LogP contribution in [0.5, 0.6) is 0 Å². The SMILES string of the molecule is CCC(CC)(CN)NC(=O)c1cc(F)c(Cl)cc1Cl. The number of carbonyl (C=O) groups excluding carboxylic acids is 1. The van der Waals surface area contributed by atoms with Crippen LogP contribution < -0.4 is 11.1 Å². The zero-order valence-electron chi connectivity index (χ0n) is 10.9. The first-order chi connectivity index (χ1) is 8.89. The van der Waals surface area contributed by atoms with Gasteiger partial charge >= 0.3 is 0 Å². The first-order valence-corrected chi connectivity index (χ1v) is 6.81. The maximum atomic E-state index is 13.4. The van der Waals surface area contributed by atoms with Crippen molar-refractivity contribution in [2.24, 2.45) is 5.73 Å². The molecule has 0 spiro atoms. The minimum absolute atomic E-state index is 0.0586. The first-order valence-electron chi connectivity index (χ1n) is 6.06. The van der Waals surface area contributed by atoms with Crippen molar-refractivity contribution < 1.29 is 9.18 Å². The van der Waals surface area contributed by atoms with Gasteiger partial charge in [-0.2, -0.15) is 0 Å². The minimum Gasteiger partial charge on any atom is -0.345 e. The molecule has 106 valence electrons. The fourth-order valence-corrected chi connectivity index (χ4v) is 2.24. The van der Waals surface area contributed by atoms with E-state index in [1.807, 2.05) is 13.8 Å². The van der Waals surface area contributed by atoms with Crippen LogP contribution in [0.3, 0.4) is 0 Å². The quantitative estimate of drug-likeness (QED) is 0.819. The smallest absolute Gasteiger partial charge is 0.253 e. The van der Waals surface area contributed by atoms with E-state index in [4.69, 9.17) is 28.9 Å². The van der Waals surface area contributed by atoms with Gasteiger partial charge in [-0.15, -0.1) is 0 Å². The lowest BCUT2D eigenvalue weighted by molar-refractivity contribution is 0.0895. The molecule has 0 saturated carbocycles. The topological polar surface area (TPSA) is 55.1 Å².